The third kappa shape index (κ3) is 2.03. The van der Waals surface area contributed by atoms with Gasteiger partial charge in [0.2, 0.25) is 0 Å². The third-order valence-electron chi connectivity index (χ3n) is 2.53. The summed E-state index contributed by atoms with van der Waals surface area (Å²) in [5.41, 5.74) is 0. The molecule has 1 aromatic carbocycles. The van der Waals surface area contributed by atoms with Crippen LogP contribution in [0, 0.1) is 5.82 Å². The SMILES string of the molecule is Oc1ccc([S+]2CCCCC2)cc1F. The Kier molecular flexibility index (Phi) is 2.96. The summed E-state index contributed by atoms with van der Waals surface area (Å²) in [6, 6.07) is 4.81. The molecule has 0 spiro atoms. The molecule has 0 unspecified atom stereocenters. The Labute approximate surface area is 86.3 Å². The maximum absolute atomic E-state index is 13.1. The van der Waals surface area contributed by atoms with E-state index in [1.54, 1.807) is 0 Å². The van der Waals surface area contributed by atoms with Crippen molar-refractivity contribution in [3.63, 3.8) is 0 Å². The Hall–Kier alpha value is -0.700. The fraction of sp³-hybridized carbons (Fsp3) is 0.455. The second-order valence-corrected chi connectivity index (χ2v) is 5.85. The van der Waals surface area contributed by atoms with Gasteiger partial charge >= 0.3 is 0 Å². The summed E-state index contributed by atoms with van der Waals surface area (Å²) in [6.07, 6.45) is 3.82. The number of halogens is 1. The van der Waals surface area contributed by atoms with E-state index in [1.807, 2.05) is 6.07 Å². The minimum atomic E-state index is -0.486. The highest BCUT2D eigenvalue weighted by atomic mass is 32.2. The lowest BCUT2D eigenvalue weighted by atomic mass is 10.3. The van der Waals surface area contributed by atoms with E-state index in [4.69, 9.17) is 5.11 Å². The smallest absolute Gasteiger partial charge is 0.169 e. The molecular formula is C11H14FOS+. The van der Waals surface area contributed by atoms with E-state index in [9.17, 15) is 4.39 Å². The van der Waals surface area contributed by atoms with Gasteiger partial charge in [-0.2, -0.15) is 0 Å². The zero-order valence-electron chi connectivity index (χ0n) is 8.00. The van der Waals surface area contributed by atoms with Gasteiger partial charge in [-0.15, -0.1) is 0 Å². The number of aromatic hydroxyl groups is 1. The summed E-state index contributed by atoms with van der Waals surface area (Å²) >= 11 is 0. The van der Waals surface area contributed by atoms with Crippen LogP contribution < -0.4 is 0 Å². The molecule has 1 saturated heterocycles. The zero-order valence-corrected chi connectivity index (χ0v) is 8.82. The van der Waals surface area contributed by atoms with Crippen LogP contribution >= 0.6 is 0 Å². The fourth-order valence-corrected chi connectivity index (χ4v) is 4.05. The molecule has 76 valence electrons. The first-order valence-electron chi connectivity index (χ1n) is 4.93. The van der Waals surface area contributed by atoms with E-state index in [-0.39, 0.29) is 16.6 Å². The van der Waals surface area contributed by atoms with Crippen molar-refractivity contribution in [2.45, 2.75) is 24.2 Å². The molecule has 1 nitrogen and oxygen atoms in total. The highest BCUT2D eigenvalue weighted by Crippen LogP contribution is 2.25. The Bertz CT molecular complexity index is 321. The molecule has 3 heteroatoms. The van der Waals surface area contributed by atoms with Crippen LogP contribution in [0.25, 0.3) is 0 Å². The number of hydrogen-bond acceptors (Lipinski definition) is 1. The monoisotopic (exact) mass is 213 g/mol. The average molecular weight is 213 g/mol. The Morgan fingerprint density at radius 2 is 1.86 bits per heavy atom. The maximum Gasteiger partial charge on any atom is 0.169 e. The molecule has 1 aliphatic rings. The molecule has 2 rings (SSSR count). The van der Waals surface area contributed by atoms with Gasteiger partial charge in [-0.3, -0.25) is 0 Å². The number of hydrogen-bond donors (Lipinski definition) is 1. The summed E-state index contributed by atoms with van der Waals surface area (Å²) < 4.78 is 13.1. The largest absolute Gasteiger partial charge is 0.505 e. The Morgan fingerprint density at radius 3 is 2.50 bits per heavy atom. The normalized spacial score (nSPS) is 18.4. The molecule has 1 fully saturated rings. The van der Waals surface area contributed by atoms with Gasteiger partial charge in [0.1, 0.15) is 11.5 Å². The van der Waals surface area contributed by atoms with E-state index in [2.05, 4.69) is 0 Å². The van der Waals surface area contributed by atoms with E-state index in [0.717, 1.165) is 4.90 Å². The van der Waals surface area contributed by atoms with Gasteiger partial charge in [-0.25, -0.2) is 4.39 Å². The molecule has 0 saturated carbocycles. The minimum Gasteiger partial charge on any atom is -0.505 e. The predicted molar refractivity (Wildman–Crippen MR) is 57.3 cm³/mol. The maximum atomic E-state index is 13.1. The van der Waals surface area contributed by atoms with E-state index >= 15 is 0 Å². The summed E-state index contributed by atoms with van der Waals surface area (Å²) in [5.74, 6) is 1.64. The number of phenolic OH excluding ortho intramolecular Hbond substituents is 1. The van der Waals surface area contributed by atoms with Gasteiger partial charge in [0.25, 0.3) is 0 Å². The van der Waals surface area contributed by atoms with E-state index < -0.39 is 5.82 Å². The van der Waals surface area contributed by atoms with Gasteiger partial charge in [-0.1, -0.05) is 0 Å². The average Bonchev–Trinajstić information content (AvgIpc) is 2.23. The molecule has 1 aromatic rings. The quantitative estimate of drug-likeness (QED) is 0.711. The second-order valence-electron chi connectivity index (χ2n) is 3.57. The lowest BCUT2D eigenvalue weighted by Gasteiger charge is -2.13. The summed E-state index contributed by atoms with van der Waals surface area (Å²) in [7, 11) is 0.222. The van der Waals surface area contributed by atoms with Gasteiger partial charge < -0.3 is 5.11 Å². The van der Waals surface area contributed by atoms with Gasteiger partial charge in [0, 0.05) is 17.0 Å². The number of benzene rings is 1. The molecule has 14 heavy (non-hydrogen) atoms. The molecule has 0 amide bonds. The highest BCUT2D eigenvalue weighted by Gasteiger charge is 2.25. The first kappa shape index (κ1) is 9.84. The van der Waals surface area contributed by atoms with Gasteiger partial charge in [0.05, 0.1) is 0 Å². The zero-order chi connectivity index (χ0) is 9.97. The molecule has 0 atom stereocenters. The third-order valence-corrected chi connectivity index (χ3v) is 5.02. The highest BCUT2D eigenvalue weighted by molar-refractivity contribution is 7.96. The van der Waals surface area contributed by atoms with Crippen LogP contribution in [0.1, 0.15) is 19.3 Å². The van der Waals surface area contributed by atoms with Crippen molar-refractivity contribution in [3.05, 3.63) is 24.0 Å². The van der Waals surface area contributed by atoms with E-state index in [1.165, 1.54) is 42.9 Å². The van der Waals surface area contributed by atoms with Gasteiger partial charge in [-0.05, 0) is 31.4 Å². The van der Waals surface area contributed by atoms with Crippen molar-refractivity contribution in [1.29, 1.82) is 0 Å². The number of phenols is 1. The lowest BCUT2D eigenvalue weighted by molar-refractivity contribution is 0.431. The van der Waals surface area contributed by atoms with Crippen molar-refractivity contribution < 1.29 is 9.50 Å². The first-order valence-corrected chi connectivity index (χ1v) is 6.50. The van der Waals surface area contributed by atoms with Crippen LogP contribution in [-0.2, 0) is 10.9 Å². The fourth-order valence-electron chi connectivity index (χ4n) is 1.73. The molecule has 1 aliphatic heterocycles. The minimum absolute atomic E-state index is 0.222. The van der Waals surface area contributed by atoms with E-state index in [0.29, 0.717) is 0 Å². The van der Waals surface area contributed by atoms with Crippen LogP contribution in [0.5, 0.6) is 5.75 Å². The van der Waals surface area contributed by atoms with Gasteiger partial charge in [0.15, 0.2) is 16.5 Å². The molecule has 0 aromatic heterocycles. The Morgan fingerprint density at radius 1 is 1.14 bits per heavy atom. The molecule has 1 heterocycles. The van der Waals surface area contributed by atoms with Crippen molar-refractivity contribution in [1.82, 2.24) is 0 Å². The van der Waals surface area contributed by atoms with Crippen molar-refractivity contribution in [3.8, 4) is 5.75 Å². The van der Waals surface area contributed by atoms with Crippen molar-refractivity contribution in [2.24, 2.45) is 0 Å². The first-order chi connectivity index (χ1) is 6.77. The summed E-state index contributed by atoms with van der Waals surface area (Å²) in [5, 5.41) is 9.07. The van der Waals surface area contributed by atoms with Crippen molar-refractivity contribution in [2.75, 3.05) is 11.5 Å². The van der Waals surface area contributed by atoms with Crippen LogP contribution in [-0.4, -0.2) is 16.6 Å². The molecular weight excluding hydrogens is 199 g/mol. The van der Waals surface area contributed by atoms with Crippen LogP contribution in [0.4, 0.5) is 4.39 Å². The van der Waals surface area contributed by atoms with Crippen LogP contribution in [0.2, 0.25) is 0 Å². The molecule has 1 N–H and O–H groups in total. The van der Waals surface area contributed by atoms with Crippen LogP contribution in [0.3, 0.4) is 0 Å². The molecule has 0 bridgehead atoms. The lowest BCUT2D eigenvalue weighted by Crippen LogP contribution is -2.17. The molecule has 0 radical (unpaired) electrons. The molecule has 0 aliphatic carbocycles. The standard InChI is InChI=1S/C11H13FOS/c12-10-8-9(4-5-11(10)13)14-6-2-1-3-7-14/h4-5,8H,1-3,6-7H2/p+1. The number of rotatable bonds is 1. The van der Waals surface area contributed by atoms with Crippen LogP contribution in [0.15, 0.2) is 23.1 Å². The van der Waals surface area contributed by atoms with Crippen molar-refractivity contribution >= 4 is 10.9 Å². The summed E-state index contributed by atoms with van der Waals surface area (Å²) in [4.78, 5) is 1.07. The topological polar surface area (TPSA) is 20.2 Å². The second kappa shape index (κ2) is 4.22. The predicted octanol–water partition coefficient (Wildman–Crippen LogP) is 2.69. The summed E-state index contributed by atoms with van der Waals surface area (Å²) in [6.45, 7) is 0. The Balaban J connectivity index is 2.18.